The molecular weight excluding hydrogens is 587 g/mol. The molecule has 1 aliphatic carbocycles. The quantitative estimate of drug-likeness (QED) is 0.199. The molecule has 2 heterocycles. The molecule has 0 saturated carbocycles. The van der Waals surface area contributed by atoms with Gasteiger partial charge >= 0.3 is 0 Å². The molecule has 7 aromatic carbocycles. The highest BCUT2D eigenvalue weighted by molar-refractivity contribution is 6.05. The van der Waals surface area contributed by atoms with E-state index in [1.165, 1.54) is 27.6 Å². The minimum Gasteiger partial charge on any atom is -0.457 e. The zero-order chi connectivity index (χ0) is 31.7. The predicted molar refractivity (Wildman–Crippen MR) is 191 cm³/mol. The fourth-order valence-corrected chi connectivity index (χ4v) is 7.76. The average Bonchev–Trinajstić information content (AvgIpc) is 3.46. The van der Waals surface area contributed by atoms with E-state index < -0.39 is 5.41 Å². The summed E-state index contributed by atoms with van der Waals surface area (Å²) in [4.78, 5) is 14.9. The van der Waals surface area contributed by atoms with Gasteiger partial charge in [0.2, 0.25) is 0 Å². The van der Waals surface area contributed by atoms with Crippen LogP contribution in [0.1, 0.15) is 22.3 Å². The highest BCUT2D eigenvalue weighted by Gasteiger charge is 2.51. The number of nitrogens with zero attached hydrogens (tertiary/aromatic N) is 3. The summed E-state index contributed by atoms with van der Waals surface area (Å²) in [6.07, 6.45) is 0. The minimum absolute atomic E-state index is 0.492. The normalized spacial score (nSPS) is 13.3. The molecule has 4 nitrogen and oxygen atoms in total. The first-order valence-corrected chi connectivity index (χ1v) is 16.2. The van der Waals surface area contributed by atoms with E-state index in [4.69, 9.17) is 19.7 Å². The Kier molecular flexibility index (Phi) is 5.75. The van der Waals surface area contributed by atoms with Gasteiger partial charge in [0.15, 0.2) is 17.5 Å². The number of rotatable bonds is 3. The van der Waals surface area contributed by atoms with Crippen LogP contribution < -0.4 is 4.74 Å². The van der Waals surface area contributed by atoms with Crippen molar-refractivity contribution in [2.75, 3.05) is 0 Å². The lowest BCUT2D eigenvalue weighted by Gasteiger charge is -2.39. The molecule has 1 spiro atoms. The molecular formula is C44H27N3O. The van der Waals surface area contributed by atoms with Crippen LogP contribution in [0.5, 0.6) is 11.5 Å². The van der Waals surface area contributed by atoms with E-state index in [-0.39, 0.29) is 0 Å². The zero-order valence-corrected chi connectivity index (χ0v) is 25.8. The maximum atomic E-state index is 6.51. The SMILES string of the molecule is c1ccc(-c2nc(-c3ccccc3)nc(-c3ccc4c5c(ccc4c3)C3(c4ccccc4Oc4ccccc43)c3ccccc3-5)n2)cc1. The Morgan fingerprint density at radius 2 is 0.917 bits per heavy atom. The number of para-hydroxylation sites is 2. The van der Waals surface area contributed by atoms with Crippen LogP contribution >= 0.6 is 0 Å². The molecule has 10 rings (SSSR count). The Labute approximate surface area is 278 Å². The van der Waals surface area contributed by atoms with Crippen molar-refractivity contribution in [1.82, 2.24) is 15.0 Å². The summed E-state index contributed by atoms with van der Waals surface area (Å²) in [7, 11) is 0. The van der Waals surface area contributed by atoms with Crippen LogP contribution in [0, 0.1) is 0 Å². The third-order valence-corrected chi connectivity index (χ3v) is 9.78. The average molecular weight is 614 g/mol. The van der Waals surface area contributed by atoms with Gasteiger partial charge in [0.1, 0.15) is 11.5 Å². The Hall–Kier alpha value is -6.39. The van der Waals surface area contributed by atoms with E-state index in [9.17, 15) is 0 Å². The molecule has 8 aromatic rings. The molecule has 0 saturated heterocycles. The van der Waals surface area contributed by atoms with Gasteiger partial charge in [-0.2, -0.15) is 0 Å². The van der Waals surface area contributed by atoms with Gasteiger partial charge in [-0.25, -0.2) is 15.0 Å². The molecule has 0 amide bonds. The fourth-order valence-electron chi connectivity index (χ4n) is 7.76. The number of hydrogen-bond acceptors (Lipinski definition) is 4. The van der Waals surface area contributed by atoms with E-state index in [0.717, 1.165) is 44.7 Å². The lowest BCUT2D eigenvalue weighted by Crippen LogP contribution is -2.32. The van der Waals surface area contributed by atoms with Crippen molar-refractivity contribution < 1.29 is 4.74 Å². The Balaban J connectivity index is 1.20. The molecule has 4 heteroatoms. The van der Waals surface area contributed by atoms with Gasteiger partial charge in [0.25, 0.3) is 0 Å². The first-order chi connectivity index (χ1) is 23.8. The number of ether oxygens (including phenoxy) is 1. The van der Waals surface area contributed by atoms with E-state index in [2.05, 4.69) is 103 Å². The van der Waals surface area contributed by atoms with Crippen molar-refractivity contribution in [2.45, 2.75) is 5.41 Å². The summed E-state index contributed by atoms with van der Waals surface area (Å²) in [5.74, 6) is 3.75. The van der Waals surface area contributed by atoms with Crippen molar-refractivity contribution in [1.29, 1.82) is 0 Å². The van der Waals surface area contributed by atoms with Crippen LogP contribution in [0.2, 0.25) is 0 Å². The molecule has 0 unspecified atom stereocenters. The van der Waals surface area contributed by atoms with Crippen LogP contribution in [0.15, 0.2) is 164 Å². The standard InChI is InChI=1S/C44H27N3O/c1-3-13-28(14-4-1)41-45-42(29-15-5-2-6-16-29)47-43(46-41)31-23-25-32-30(27-31)24-26-37-40(32)33-17-7-8-18-34(33)44(37)35-19-9-11-21-38(35)48-39-22-12-10-20-36(39)44/h1-27H. The molecule has 2 aliphatic rings. The van der Waals surface area contributed by atoms with E-state index in [0.29, 0.717) is 17.5 Å². The summed E-state index contributed by atoms with van der Waals surface area (Å²) in [5.41, 5.74) is 9.74. The topological polar surface area (TPSA) is 47.9 Å². The van der Waals surface area contributed by atoms with Crippen LogP contribution in [0.25, 0.3) is 56.1 Å². The van der Waals surface area contributed by atoms with Gasteiger partial charge in [-0.05, 0) is 51.2 Å². The maximum Gasteiger partial charge on any atom is 0.164 e. The van der Waals surface area contributed by atoms with Crippen molar-refractivity contribution in [2.24, 2.45) is 0 Å². The summed E-state index contributed by atoms with van der Waals surface area (Å²) in [6, 6.07) is 57.2. The van der Waals surface area contributed by atoms with Gasteiger partial charge in [-0.15, -0.1) is 0 Å². The van der Waals surface area contributed by atoms with Crippen LogP contribution in [-0.4, -0.2) is 15.0 Å². The van der Waals surface area contributed by atoms with Crippen molar-refractivity contribution in [3.05, 3.63) is 186 Å². The fraction of sp³-hybridized carbons (Fsp3) is 0.0227. The second-order valence-electron chi connectivity index (χ2n) is 12.4. The molecule has 224 valence electrons. The monoisotopic (exact) mass is 613 g/mol. The molecule has 1 aromatic heterocycles. The van der Waals surface area contributed by atoms with Crippen LogP contribution in [0.4, 0.5) is 0 Å². The summed E-state index contributed by atoms with van der Waals surface area (Å²) in [5, 5.41) is 2.33. The first-order valence-electron chi connectivity index (χ1n) is 16.2. The molecule has 0 N–H and O–H groups in total. The molecule has 48 heavy (non-hydrogen) atoms. The number of hydrogen-bond donors (Lipinski definition) is 0. The number of benzene rings is 7. The second kappa shape index (κ2) is 10.3. The van der Waals surface area contributed by atoms with Gasteiger partial charge < -0.3 is 4.74 Å². The lowest BCUT2D eigenvalue weighted by molar-refractivity contribution is 0.436. The maximum absolute atomic E-state index is 6.51. The molecule has 0 fully saturated rings. The molecule has 1 aliphatic heterocycles. The van der Waals surface area contributed by atoms with Gasteiger partial charge in [0.05, 0.1) is 5.41 Å². The largest absolute Gasteiger partial charge is 0.457 e. The van der Waals surface area contributed by atoms with Gasteiger partial charge in [0, 0.05) is 27.8 Å². The van der Waals surface area contributed by atoms with Crippen molar-refractivity contribution >= 4 is 10.8 Å². The van der Waals surface area contributed by atoms with Gasteiger partial charge in [-0.3, -0.25) is 0 Å². The summed E-state index contributed by atoms with van der Waals surface area (Å²) in [6.45, 7) is 0. The number of aromatic nitrogens is 3. The van der Waals surface area contributed by atoms with Crippen molar-refractivity contribution in [3.63, 3.8) is 0 Å². The molecule has 0 bridgehead atoms. The lowest BCUT2D eigenvalue weighted by atomic mass is 9.66. The van der Waals surface area contributed by atoms with E-state index >= 15 is 0 Å². The Morgan fingerprint density at radius 3 is 1.54 bits per heavy atom. The van der Waals surface area contributed by atoms with Gasteiger partial charge in [-0.1, -0.05) is 146 Å². The van der Waals surface area contributed by atoms with Crippen molar-refractivity contribution in [3.8, 4) is 56.8 Å². The summed E-state index contributed by atoms with van der Waals surface area (Å²) < 4.78 is 6.51. The third-order valence-electron chi connectivity index (χ3n) is 9.78. The third kappa shape index (κ3) is 3.80. The zero-order valence-electron chi connectivity index (χ0n) is 25.8. The second-order valence-corrected chi connectivity index (χ2v) is 12.4. The highest BCUT2D eigenvalue weighted by Crippen LogP contribution is 2.63. The van der Waals surface area contributed by atoms with E-state index in [1.54, 1.807) is 0 Å². The Bertz CT molecular complexity index is 2440. The number of fused-ring (bicyclic) bond motifs is 11. The highest BCUT2D eigenvalue weighted by atomic mass is 16.5. The molecule has 0 atom stereocenters. The van der Waals surface area contributed by atoms with Crippen LogP contribution in [-0.2, 0) is 5.41 Å². The Morgan fingerprint density at radius 1 is 0.396 bits per heavy atom. The summed E-state index contributed by atoms with van der Waals surface area (Å²) >= 11 is 0. The molecule has 0 radical (unpaired) electrons. The first kappa shape index (κ1) is 26.8. The van der Waals surface area contributed by atoms with E-state index in [1.807, 2.05) is 60.7 Å². The smallest absolute Gasteiger partial charge is 0.164 e. The predicted octanol–water partition coefficient (Wildman–Crippen LogP) is 10.5. The minimum atomic E-state index is -0.492. The van der Waals surface area contributed by atoms with Crippen LogP contribution in [0.3, 0.4) is 0 Å².